The summed E-state index contributed by atoms with van der Waals surface area (Å²) in [5.41, 5.74) is 6.70. The molecule has 1 aromatic rings. The predicted octanol–water partition coefficient (Wildman–Crippen LogP) is 4.60. The van der Waals surface area contributed by atoms with E-state index in [1.165, 1.54) is 14.2 Å². The highest BCUT2D eigenvalue weighted by molar-refractivity contribution is 5.93. The fourth-order valence-corrected chi connectivity index (χ4v) is 5.11. The molecule has 3 N–H and O–H groups in total. The highest BCUT2D eigenvalue weighted by atomic mass is 19.4. The second-order valence-electron chi connectivity index (χ2n) is 9.76. The zero-order valence-corrected chi connectivity index (χ0v) is 22.8. The number of carbonyl (C=O) groups excluding carboxylic acids is 2. The molecule has 2 amide bonds. The van der Waals surface area contributed by atoms with Gasteiger partial charge in [-0.2, -0.15) is 18.2 Å². The molecule has 0 bridgehead atoms. The normalized spacial score (nSPS) is 15.7. The molecule has 0 aliphatic heterocycles. The molecule has 1 aliphatic rings. The molecule has 1 aliphatic carbocycles. The minimum absolute atomic E-state index is 0.0531. The topological polar surface area (TPSA) is 106 Å². The van der Waals surface area contributed by atoms with Crippen LogP contribution in [0.5, 0.6) is 11.5 Å². The smallest absolute Gasteiger partial charge is 0.471 e. The molecule has 1 aromatic carbocycles. The second-order valence-corrected chi connectivity index (χ2v) is 9.76. The van der Waals surface area contributed by atoms with E-state index in [-0.39, 0.29) is 18.9 Å². The molecule has 8 nitrogen and oxygen atoms in total. The van der Waals surface area contributed by atoms with Gasteiger partial charge in [-0.25, -0.2) is 0 Å². The van der Waals surface area contributed by atoms with Crippen molar-refractivity contribution in [2.24, 2.45) is 16.6 Å². The average Bonchev–Trinajstić information content (AvgIpc) is 2.88. The van der Waals surface area contributed by atoms with Crippen LogP contribution in [0.4, 0.5) is 13.2 Å². The third-order valence-corrected chi connectivity index (χ3v) is 7.05. The van der Waals surface area contributed by atoms with Crippen molar-refractivity contribution in [1.29, 1.82) is 0 Å². The van der Waals surface area contributed by atoms with Gasteiger partial charge in [0.15, 0.2) is 17.5 Å². The van der Waals surface area contributed by atoms with Crippen molar-refractivity contribution in [3.63, 3.8) is 0 Å². The number of hydrogen-bond acceptors (Lipinski definition) is 4. The number of carbonyl (C=O) groups is 2. The van der Waals surface area contributed by atoms with Crippen LogP contribution in [-0.2, 0) is 16.0 Å². The van der Waals surface area contributed by atoms with E-state index in [0.29, 0.717) is 42.2 Å². The van der Waals surface area contributed by atoms with E-state index in [1.54, 1.807) is 32.0 Å². The van der Waals surface area contributed by atoms with Crippen LogP contribution in [0.15, 0.2) is 23.2 Å². The van der Waals surface area contributed by atoms with Gasteiger partial charge in [0.2, 0.25) is 0 Å². The quantitative estimate of drug-likeness (QED) is 0.296. The van der Waals surface area contributed by atoms with E-state index in [9.17, 15) is 22.8 Å². The molecule has 2 rings (SSSR count). The number of guanidine groups is 1. The molecule has 0 saturated heterocycles. The first-order valence-corrected chi connectivity index (χ1v) is 13.2. The minimum atomic E-state index is -4.98. The number of nitrogens with one attached hydrogen (secondary N) is 1. The first-order valence-electron chi connectivity index (χ1n) is 13.2. The first-order chi connectivity index (χ1) is 18.0. The Bertz CT molecular complexity index is 945. The van der Waals surface area contributed by atoms with Crippen molar-refractivity contribution in [2.45, 2.75) is 89.9 Å². The molecule has 0 radical (unpaired) electrons. The number of hydrogen-bond donors (Lipinski definition) is 2. The summed E-state index contributed by atoms with van der Waals surface area (Å²) >= 11 is 0. The van der Waals surface area contributed by atoms with Gasteiger partial charge in [-0.15, -0.1) is 0 Å². The number of alkyl halides is 3. The summed E-state index contributed by atoms with van der Waals surface area (Å²) in [7, 11) is 3.00. The monoisotopic (exact) mass is 542 g/mol. The maximum atomic E-state index is 13.5. The lowest BCUT2D eigenvalue weighted by atomic mass is 9.84. The fourth-order valence-electron chi connectivity index (χ4n) is 5.11. The van der Waals surface area contributed by atoms with Crippen LogP contribution in [0, 0.1) is 5.92 Å². The summed E-state index contributed by atoms with van der Waals surface area (Å²) in [5, 5.41) is 2.96. The molecule has 1 saturated carbocycles. The molecule has 1 fully saturated rings. The van der Waals surface area contributed by atoms with Crippen molar-refractivity contribution in [3.05, 3.63) is 23.8 Å². The third kappa shape index (κ3) is 9.40. The summed E-state index contributed by atoms with van der Waals surface area (Å²) in [5.74, 6) is -1.28. The molecule has 0 heterocycles. The number of aliphatic imine (C=N–C) groups is 1. The summed E-state index contributed by atoms with van der Waals surface area (Å²) in [6.07, 6.45) is 1.46. The molecule has 11 heteroatoms. The lowest BCUT2D eigenvalue weighted by molar-refractivity contribution is -0.188. The van der Waals surface area contributed by atoms with Crippen LogP contribution in [0.3, 0.4) is 0 Å². The van der Waals surface area contributed by atoms with Crippen molar-refractivity contribution in [3.8, 4) is 11.5 Å². The van der Waals surface area contributed by atoms with Gasteiger partial charge in [0.25, 0.3) is 5.91 Å². The summed E-state index contributed by atoms with van der Waals surface area (Å²) in [4.78, 5) is 29.8. The predicted molar refractivity (Wildman–Crippen MR) is 140 cm³/mol. The Kier molecular flexibility index (Phi) is 12.2. The molecule has 0 aromatic heterocycles. The standard InChI is InChI=1S/C27H41F3N4O4/c1-5-21(6-2)34(25(36)27(28,29)30)17-20(14-18-10-8-7-9-11-18)32-26(31)33-24(35)16-19-12-13-22(37-3)23(15-19)38-4/h12-13,15,18,20-21H,5-11,14,16-17H2,1-4H3,(H3,31,32,33,35)/t20-/m1/s1. The SMILES string of the molecule is CCC(CC)N(C[C@@H](CC1CCCCC1)NC(N)=NC(=O)Cc1ccc(OC)c(OC)c1)C(=O)C(F)(F)F. The van der Waals surface area contributed by atoms with E-state index < -0.39 is 30.1 Å². The number of nitrogens with zero attached hydrogens (tertiary/aromatic N) is 2. The van der Waals surface area contributed by atoms with E-state index in [0.717, 1.165) is 37.0 Å². The number of amides is 2. The Morgan fingerprint density at radius 1 is 1.11 bits per heavy atom. The van der Waals surface area contributed by atoms with Gasteiger partial charge in [0, 0.05) is 18.6 Å². The number of nitrogens with two attached hydrogens (primary N) is 1. The summed E-state index contributed by atoms with van der Waals surface area (Å²) < 4.78 is 50.9. The van der Waals surface area contributed by atoms with Crippen LogP contribution < -0.4 is 20.5 Å². The molecule has 1 atom stereocenters. The molecular formula is C27H41F3N4O4. The third-order valence-electron chi connectivity index (χ3n) is 7.05. The first kappa shape index (κ1) is 31.2. The van der Waals surface area contributed by atoms with Crippen molar-refractivity contribution < 1.29 is 32.2 Å². The van der Waals surface area contributed by atoms with Crippen LogP contribution in [0.25, 0.3) is 0 Å². The Hall–Kier alpha value is -2.98. The lowest BCUT2D eigenvalue weighted by Crippen LogP contribution is -2.54. The summed E-state index contributed by atoms with van der Waals surface area (Å²) in [6.45, 7) is 3.34. The van der Waals surface area contributed by atoms with Gasteiger partial charge >= 0.3 is 12.1 Å². The van der Waals surface area contributed by atoms with Crippen LogP contribution in [-0.4, -0.2) is 61.7 Å². The molecule has 0 unspecified atom stereocenters. The van der Waals surface area contributed by atoms with Gasteiger partial charge in [0.1, 0.15) is 0 Å². The Labute approximate surface area is 223 Å². The minimum Gasteiger partial charge on any atom is -0.493 e. The highest BCUT2D eigenvalue weighted by Crippen LogP contribution is 2.29. The van der Waals surface area contributed by atoms with Gasteiger partial charge in [-0.05, 0) is 42.9 Å². The van der Waals surface area contributed by atoms with Crippen molar-refractivity contribution in [1.82, 2.24) is 10.2 Å². The van der Waals surface area contributed by atoms with Crippen LogP contribution >= 0.6 is 0 Å². The van der Waals surface area contributed by atoms with Gasteiger partial charge < -0.3 is 25.4 Å². The van der Waals surface area contributed by atoms with E-state index in [1.807, 2.05) is 0 Å². The zero-order chi connectivity index (χ0) is 28.3. The van der Waals surface area contributed by atoms with Gasteiger partial charge in [0.05, 0.1) is 20.6 Å². The Balaban J connectivity index is 2.21. The fraction of sp³-hybridized carbons (Fsp3) is 0.667. The number of benzene rings is 1. The van der Waals surface area contributed by atoms with Gasteiger partial charge in [-0.3, -0.25) is 9.59 Å². The maximum absolute atomic E-state index is 13.5. The molecular weight excluding hydrogens is 501 g/mol. The summed E-state index contributed by atoms with van der Waals surface area (Å²) in [6, 6.07) is 3.91. The Morgan fingerprint density at radius 2 is 1.74 bits per heavy atom. The molecule has 0 spiro atoms. The van der Waals surface area contributed by atoms with Gasteiger partial charge in [-0.1, -0.05) is 52.0 Å². The maximum Gasteiger partial charge on any atom is 0.471 e. The highest BCUT2D eigenvalue weighted by Gasteiger charge is 2.44. The number of rotatable bonds is 12. The molecule has 214 valence electrons. The zero-order valence-electron chi connectivity index (χ0n) is 22.8. The number of halogens is 3. The van der Waals surface area contributed by atoms with Crippen LogP contribution in [0.1, 0.15) is 70.8 Å². The number of ether oxygens (including phenoxy) is 2. The molecule has 38 heavy (non-hydrogen) atoms. The van der Waals surface area contributed by atoms with E-state index in [4.69, 9.17) is 15.2 Å². The van der Waals surface area contributed by atoms with Crippen molar-refractivity contribution in [2.75, 3.05) is 20.8 Å². The van der Waals surface area contributed by atoms with Crippen molar-refractivity contribution >= 4 is 17.8 Å². The number of methoxy groups -OCH3 is 2. The second kappa shape index (κ2) is 14.8. The van der Waals surface area contributed by atoms with E-state index in [2.05, 4.69) is 10.3 Å². The Morgan fingerprint density at radius 3 is 2.29 bits per heavy atom. The van der Waals surface area contributed by atoms with E-state index >= 15 is 0 Å². The largest absolute Gasteiger partial charge is 0.493 e. The average molecular weight is 543 g/mol. The van der Waals surface area contributed by atoms with Crippen LogP contribution in [0.2, 0.25) is 0 Å². The lowest BCUT2D eigenvalue weighted by Gasteiger charge is -2.36.